The Bertz CT molecular complexity index is 723. The molecule has 0 aliphatic carbocycles. The van der Waals surface area contributed by atoms with Gasteiger partial charge in [0.15, 0.2) is 0 Å². The molecule has 4 heteroatoms. The molecule has 1 amide bonds. The number of hydrogen-bond donors (Lipinski definition) is 1. The van der Waals surface area contributed by atoms with Gasteiger partial charge in [0, 0.05) is 11.8 Å². The van der Waals surface area contributed by atoms with Crippen LogP contribution in [0.4, 0.5) is 5.69 Å². The molecule has 0 atom stereocenters. The first-order valence-corrected chi connectivity index (χ1v) is 7.69. The lowest BCUT2D eigenvalue weighted by Gasteiger charge is -2.07. The van der Waals surface area contributed by atoms with Crippen molar-refractivity contribution in [2.45, 2.75) is 13.8 Å². The monoisotopic (exact) mass is 359 g/mol. The molecule has 2 rings (SSSR count). The fourth-order valence-electron chi connectivity index (χ4n) is 2.00. The summed E-state index contributed by atoms with van der Waals surface area (Å²) in [5.74, 6) is 0.609. The molecule has 0 saturated heterocycles. The summed E-state index contributed by atoms with van der Waals surface area (Å²) in [5.41, 5.74) is 3.91. The third-order valence-corrected chi connectivity index (χ3v) is 3.87. The van der Waals surface area contributed by atoms with Gasteiger partial charge in [-0.2, -0.15) is 0 Å². The number of aryl methyl sites for hydroxylation is 2. The number of ether oxygens (including phenoxy) is 1. The first kappa shape index (κ1) is 16.3. The zero-order chi connectivity index (χ0) is 16.1. The first-order valence-electron chi connectivity index (χ1n) is 6.89. The Morgan fingerprint density at radius 2 is 1.95 bits per heavy atom. The number of hydrogen-bond acceptors (Lipinski definition) is 2. The first-order chi connectivity index (χ1) is 10.5. The zero-order valence-electron chi connectivity index (χ0n) is 12.8. The van der Waals surface area contributed by atoms with Gasteiger partial charge in [0.1, 0.15) is 5.75 Å². The van der Waals surface area contributed by atoms with Crippen LogP contribution >= 0.6 is 15.9 Å². The number of anilines is 1. The van der Waals surface area contributed by atoms with Gasteiger partial charge in [0.05, 0.1) is 11.6 Å². The van der Waals surface area contributed by atoms with E-state index >= 15 is 0 Å². The predicted octanol–water partition coefficient (Wildman–Crippen LogP) is 4.73. The van der Waals surface area contributed by atoms with Gasteiger partial charge in [-0.05, 0) is 70.7 Å². The van der Waals surface area contributed by atoms with Crippen molar-refractivity contribution in [2.75, 3.05) is 12.4 Å². The number of amides is 1. The van der Waals surface area contributed by atoms with Crippen LogP contribution in [0.5, 0.6) is 5.75 Å². The molecular formula is C18H18BrNO2. The lowest BCUT2D eigenvalue weighted by atomic mass is 10.1. The molecule has 114 valence electrons. The quantitative estimate of drug-likeness (QED) is 0.801. The minimum Gasteiger partial charge on any atom is -0.496 e. The molecule has 0 aliphatic rings. The van der Waals surface area contributed by atoms with Crippen molar-refractivity contribution in [3.8, 4) is 5.75 Å². The highest BCUT2D eigenvalue weighted by Crippen LogP contribution is 2.26. The normalized spacial score (nSPS) is 10.7. The number of halogens is 1. The molecule has 0 heterocycles. The summed E-state index contributed by atoms with van der Waals surface area (Å²) in [5, 5.41) is 2.90. The molecule has 0 radical (unpaired) electrons. The van der Waals surface area contributed by atoms with Crippen molar-refractivity contribution in [1.82, 2.24) is 0 Å². The summed E-state index contributed by atoms with van der Waals surface area (Å²) in [6.45, 7) is 3.97. The second kappa shape index (κ2) is 7.27. The minimum absolute atomic E-state index is 0.152. The Morgan fingerprint density at radius 1 is 1.18 bits per heavy atom. The van der Waals surface area contributed by atoms with Gasteiger partial charge >= 0.3 is 0 Å². The van der Waals surface area contributed by atoms with Crippen LogP contribution in [-0.2, 0) is 4.79 Å². The van der Waals surface area contributed by atoms with E-state index in [1.54, 1.807) is 13.2 Å². The van der Waals surface area contributed by atoms with Gasteiger partial charge in [-0.1, -0.05) is 18.2 Å². The smallest absolute Gasteiger partial charge is 0.248 e. The van der Waals surface area contributed by atoms with E-state index in [0.717, 1.165) is 32.6 Å². The number of carbonyl (C=O) groups is 1. The van der Waals surface area contributed by atoms with Crippen LogP contribution in [0, 0.1) is 13.8 Å². The molecule has 0 fully saturated rings. The number of rotatable bonds is 4. The summed E-state index contributed by atoms with van der Waals surface area (Å²) < 4.78 is 6.03. The maximum atomic E-state index is 12.0. The van der Waals surface area contributed by atoms with Gasteiger partial charge < -0.3 is 10.1 Å². The molecule has 0 bridgehead atoms. The number of benzene rings is 2. The second-order valence-electron chi connectivity index (χ2n) is 5.03. The van der Waals surface area contributed by atoms with Gasteiger partial charge in [0.25, 0.3) is 0 Å². The Balaban J connectivity index is 2.08. The SMILES string of the molecule is COc1ccc(/C=C/C(=O)Nc2cc(C)ccc2C)cc1Br. The minimum atomic E-state index is -0.152. The van der Waals surface area contributed by atoms with Crippen molar-refractivity contribution >= 4 is 33.6 Å². The summed E-state index contributed by atoms with van der Waals surface area (Å²) in [6.07, 6.45) is 3.29. The molecule has 0 spiro atoms. The third kappa shape index (κ3) is 4.21. The number of carbonyl (C=O) groups excluding carboxylic acids is 1. The molecular weight excluding hydrogens is 342 g/mol. The van der Waals surface area contributed by atoms with Crippen molar-refractivity contribution in [3.63, 3.8) is 0 Å². The highest BCUT2D eigenvalue weighted by atomic mass is 79.9. The van der Waals surface area contributed by atoms with Crippen molar-refractivity contribution in [3.05, 3.63) is 63.6 Å². The molecule has 3 nitrogen and oxygen atoms in total. The molecule has 2 aromatic carbocycles. The fraction of sp³-hybridized carbons (Fsp3) is 0.167. The van der Waals surface area contributed by atoms with Crippen LogP contribution in [0.2, 0.25) is 0 Å². The average Bonchev–Trinajstić information content (AvgIpc) is 2.49. The van der Waals surface area contributed by atoms with E-state index in [9.17, 15) is 4.79 Å². The van der Waals surface area contributed by atoms with Crippen molar-refractivity contribution in [1.29, 1.82) is 0 Å². The van der Waals surface area contributed by atoms with Crippen molar-refractivity contribution in [2.24, 2.45) is 0 Å². The Morgan fingerprint density at radius 3 is 2.64 bits per heavy atom. The Kier molecular flexibility index (Phi) is 5.39. The van der Waals surface area contributed by atoms with E-state index in [2.05, 4.69) is 21.2 Å². The van der Waals surface area contributed by atoms with E-state index in [-0.39, 0.29) is 5.91 Å². The summed E-state index contributed by atoms with van der Waals surface area (Å²) in [6, 6.07) is 11.6. The molecule has 0 aliphatic heterocycles. The fourth-order valence-corrected chi connectivity index (χ4v) is 2.56. The van der Waals surface area contributed by atoms with Crippen LogP contribution in [0.25, 0.3) is 6.08 Å². The Hall–Kier alpha value is -2.07. The van der Waals surface area contributed by atoms with E-state index in [0.29, 0.717) is 0 Å². The van der Waals surface area contributed by atoms with E-state index < -0.39 is 0 Å². The van der Waals surface area contributed by atoms with Gasteiger partial charge in [-0.15, -0.1) is 0 Å². The summed E-state index contributed by atoms with van der Waals surface area (Å²) in [7, 11) is 1.62. The lowest BCUT2D eigenvalue weighted by molar-refractivity contribution is -0.111. The third-order valence-electron chi connectivity index (χ3n) is 3.25. The van der Waals surface area contributed by atoms with Crippen LogP contribution in [-0.4, -0.2) is 13.0 Å². The summed E-state index contributed by atoms with van der Waals surface area (Å²) in [4.78, 5) is 12.0. The number of methoxy groups -OCH3 is 1. The maximum Gasteiger partial charge on any atom is 0.248 e. The maximum absolute atomic E-state index is 12.0. The van der Waals surface area contributed by atoms with Crippen LogP contribution < -0.4 is 10.1 Å². The summed E-state index contributed by atoms with van der Waals surface area (Å²) >= 11 is 3.43. The molecule has 1 N–H and O–H groups in total. The van der Waals surface area contributed by atoms with Gasteiger partial charge in [0.2, 0.25) is 5.91 Å². The van der Waals surface area contributed by atoms with Crippen molar-refractivity contribution < 1.29 is 9.53 Å². The molecule has 0 aromatic heterocycles. The second-order valence-corrected chi connectivity index (χ2v) is 5.89. The molecule has 0 unspecified atom stereocenters. The van der Waals surface area contributed by atoms with E-state index in [4.69, 9.17) is 4.74 Å². The molecule has 0 saturated carbocycles. The standard InChI is InChI=1S/C18H18BrNO2/c1-12-4-5-13(2)16(10-12)20-18(21)9-7-14-6-8-17(22-3)15(19)11-14/h4-11H,1-3H3,(H,20,21)/b9-7+. The predicted molar refractivity (Wildman–Crippen MR) is 94.3 cm³/mol. The highest BCUT2D eigenvalue weighted by molar-refractivity contribution is 9.10. The van der Waals surface area contributed by atoms with E-state index in [1.165, 1.54) is 6.08 Å². The molecule has 2 aromatic rings. The van der Waals surface area contributed by atoms with Gasteiger partial charge in [-0.3, -0.25) is 4.79 Å². The topological polar surface area (TPSA) is 38.3 Å². The number of nitrogens with one attached hydrogen (secondary N) is 1. The zero-order valence-corrected chi connectivity index (χ0v) is 14.4. The highest BCUT2D eigenvalue weighted by Gasteiger charge is 2.03. The van der Waals surface area contributed by atoms with E-state index in [1.807, 2.05) is 50.2 Å². The van der Waals surface area contributed by atoms with Crippen LogP contribution in [0.15, 0.2) is 46.9 Å². The average molecular weight is 360 g/mol. The Labute approximate surface area is 139 Å². The molecule has 22 heavy (non-hydrogen) atoms. The largest absolute Gasteiger partial charge is 0.496 e. The van der Waals surface area contributed by atoms with Crippen LogP contribution in [0.3, 0.4) is 0 Å². The van der Waals surface area contributed by atoms with Crippen LogP contribution in [0.1, 0.15) is 16.7 Å². The van der Waals surface area contributed by atoms with Gasteiger partial charge in [-0.25, -0.2) is 0 Å². The lowest BCUT2D eigenvalue weighted by Crippen LogP contribution is -2.09.